The molecule has 1 heterocycles. The quantitative estimate of drug-likeness (QED) is 0.940. The van der Waals surface area contributed by atoms with Crippen molar-refractivity contribution in [2.75, 3.05) is 19.0 Å². The van der Waals surface area contributed by atoms with Crippen molar-refractivity contribution in [3.05, 3.63) is 42.5 Å². The van der Waals surface area contributed by atoms with E-state index in [1.54, 1.807) is 12.7 Å². The van der Waals surface area contributed by atoms with Crippen molar-refractivity contribution in [1.82, 2.24) is 20.1 Å². The van der Waals surface area contributed by atoms with Crippen molar-refractivity contribution in [1.29, 1.82) is 0 Å². The van der Waals surface area contributed by atoms with Gasteiger partial charge in [-0.25, -0.2) is 9.67 Å². The Morgan fingerprint density at radius 3 is 2.70 bits per heavy atom. The van der Waals surface area contributed by atoms with Crippen LogP contribution >= 0.6 is 0 Å². The van der Waals surface area contributed by atoms with E-state index in [0.29, 0.717) is 6.04 Å². The van der Waals surface area contributed by atoms with Gasteiger partial charge in [-0.1, -0.05) is 6.07 Å². The Hall–Kier alpha value is -2.37. The number of nitrogens with zero attached hydrogens (tertiary/aromatic N) is 4. The van der Waals surface area contributed by atoms with Crippen molar-refractivity contribution in [3.63, 3.8) is 0 Å². The van der Waals surface area contributed by atoms with Gasteiger partial charge in [-0.05, 0) is 43.9 Å². The molecule has 1 amide bonds. The Morgan fingerprint density at radius 1 is 1.26 bits per heavy atom. The van der Waals surface area contributed by atoms with Gasteiger partial charge in [0.1, 0.15) is 12.7 Å². The molecule has 1 N–H and O–H groups in total. The molecule has 1 fully saturated rings. The summed E-state index contributed by atoms with van der Waals surface area (Å²) in [6, 6.07) is 8.36. The molecule has 1 aliphatic carbocycles. The largest absolute Gasteiger partial charge is 0.378 e. The Kier molecular flexibility index (Phi) is 4.60. The number of anilines is 1. The number of hydrogen-bond acceptors (Lipinski definition) is 4. The summed E-state index contributed by atoms with van der Waals surface area (Å²) in [5.74, 6) is 0.0119. The fourth-order valence-electron chi connectivity index (χ4n) is 3.08. The van der Waals surface area contributed by atoms with E-state index < -0.39 is 0 Å². The summed E-state index contributed by atoms with van der Waals surface area (Å²) in [4.78, 5) is 18.4. The number of hydrogen-bond donors (Lipinski definition) is 1. The Morgan fingerprint density at radius 2 is 2.04 bits per heavy atom. The molecule has 1 aromatic heterocycles. The fraction of sp³-hybridized carbons (Fsp3) is 0.471. The van der Waals surface area contributed by atoms with E-state index in [2.05, 4.69) is 15.4 Å². The van der Waals surface area contributed by atoms with Gasteiger partial charge < -0.3 is 10.2 Å². The topological polar surface area (TPSA) is 63.1 Å². The lowest BCUT2D eigenvalue weighted by atomic mass is 9.91. The second-order valence-corrected chi connectivity index (χ2v) is 6.30. The molecule has 0 aliphatic heterocycles. The van der Waals surface area contributed by atoms with Gasteiger partial charge in [0.25, 0.3) is 5.91 Å². The van der Waals surface area contributed by atoms with Crippen LogP contribution in [0.25, 0.3) is 0 Å². The number of carbonyl (C=O) groups excluding carboxylic acids is 1. The van der Waals surface area contributed by atoms with Crippen LogP contribution in [0.15, 0.2) is 36.9 Å². The summed E-state index contributed by atoms with van der Waals surface area (Å²) in [5, 5.41) is 7.38. The Balaban J connectivity index is 1.56. The Labute approximate surface area is 136 Å². The van der Waals surface area contributed by atoms with Crippen LogP contribution in [-0.4, -0.2) is 40.8 Å². The number of benzene rings is 1. The second-order valence-electron chi connectivity index (χ2n) is 6.30. The van der Waals surface area contributed by atoms with Crippen LogP contribution in [0, 0.1) is 0 Å². The minimum Gasteiger partial charge on any atom is -0.378 e. The first-order chi connectivity index (χ1) is 11.1. The summed E-state index contributed by atoms with van der Waals surface area (Å²) in [7, 11) is 3.95. The van der Waals surface area contributed by atoms with Crippen molar-refractivity contribution < 1.29 is 4.79 Å². The molecule has 0 spiro atoms. The van der Waals surface area contributed by atoms with Crippen LogP contribution in [0.4, 0.5) is 5.69 Å². The molecule has 6 heteroatoms. The summed E-state index contributed by atoms with van der Waals surface area (Å²) in [5.41, 5.74) is 1.75. The summed E-state index contributed by atoms with van der Waals surface area (Å²) in [6.07, 6.45) is 7.34. The zero-order valence-corrected chi connectivity index (χ0v) is 13.6. The number of rotatable bonds is 4. The highest BCUT2D eigenvalue weighted by Crippen LogP contribution is 2.27. The van der Waals surface area contributed by atoms with Gasteiger partial charge in [-0.15, -0.1) is 0 Å². The summed E-state index contributed by atoms with van der Waals surface area (Å²) < 4.78 is 1.93. The molecule has 0 atom stereocenters. The first-order valence-electron chi connectivity index (χ1n) is 8.06. The lowest BCUT2D eigenvalue weighted by Gasteiger charge is -2.29. The molecule has 122 valence electrons. The van der Waals surface area contributed by atoms with Crippen LogP contribution in [0.5, 0.6) is 0 Å². The molecule has 0 bridgehead atoms. The molecule has 0 radical (unpaired) electrons. The van der Waals surface area contributed by atoms with Gasteiger partial charge in [-0.3, -0.25) is 4.79 Å². The van der Waals surface area contributed by atoms with Crippen LogP contribution in [0.1, 0.15) is 42.1 Å². The van der Waals surface area contributed by atoms with Crippen LogP contribution in [0.2, 0.25) is 0 Å². The lowest BCUT2D eigenvalue weighted by molar-refractivity contribution is 0.0921. The van der Waals surface area contributed by atoms with Gasteiger partial charge in [0.2, 0.25) is 0 Å². The maximum Gasteiger partial charge on any atom is 0.251 e. The van der Waals surface area contributed by atoms with Crippen LogP contribution < -0.4 is 10.2 Å². The Bertz CT molecular complexity index is 645. The summed E-state index contributed by atoms with van der Waals surface area (Å²) >= 11 is 0. The number of amides is 1. The van der Waals surface area contributed by atoms with Gasteiger partial charge in [0, 0.05) is 31.4 Å². The monoisotopic (exact) mass is 313 g/mol. The average Bonchev–Trinajstić information content (AvgIpc) is 3.10. The molecular weight excluding hydrogens is 290 g/mol. The second kappa shape index (κ2) is 6.81. The number of aromatic nitrogens is 3. The predicted molar refractivity (Wildman–Crippen MR) is 89.6 cm³/mol. The molecule has 0 saturated heterocycles. The van der Waals surface area contributed by atoms with E-state index in [-0.39, 0.29) is 11.9 Å². The maximum atomic E-state index is 12.4. The standard InChI is InChI=1S/C17H23N5O/c1-21(2)16-5-3-4-13(10-16)17(23)20-14-6-8-15(9-7-14)22-12-18-11-19-22/h3-5,10-12,14-15H,6-9H2,1-2H3,(H,20,23). The van der Waals surface area contributed by atoms with Crippen LogP contribution in [-0.2, 0) is 0 Å². The van der Waals surface area contributed by atoms with Crippen molar-refractivity contribution in [2.24, 2.45) is 0 Å². The van der Waals surface area contributed by atoms with Crippen LogP contribution in [0.3, 0.4) is 0 Å². The SMILES string of the molecule is CN(C)c1cccc(C(=O)NC2CCC(n3cncn3)CC2)c1. The van der Waals surface area contributed by atoms with Crippen molar-refractivity contribution >= 4 is 11.6 Å². The van der Waals surface area contributed by atoms with E-state index in [1.807, 2.05) is 47.9 Å². The predicted octanol–water partition coefficient (Wildman–Crippen LogP) is 2.26. The van der Waals surface area contributed by atoms with Gasteiger partial charge >= 0.3 is 0 Å². The highest BCUT2D eigenvalue weighted by Gasteiger charge is 2.24. The van der Waals surface area contributed by atoms with Gasteiger partial charge in [0.05, 0.1) is 6.04 Å². The third-order valence-corrected chi connectivity index (χ3v) is 4.47. The highest BCUT2D eigenvalue weighted by atomic mass is 16.1. The van der Waals surface area contributed by atoms with E-state index in [4.69, 9.17) is 0 Å². The number of nitrogens with one attached hydrogen (secondary N) is 1. The first kappa shape index (κ1) is 15.5. The normalized spacial score (nSPS) is 21.0. The molecule has 1 saturated carbocycles. The van der Waals surface area contributed by atoms with E-state index >= 15 is 0 Å². The van der Waals surface area contributed by atoms with E-state index in [1.165, 1.54) is 0 Å². The molecule has 2 aromatic rings. The lowest BCUT2D eigenvalue weighted by Crippen LogP contribution is -2.38. The van der Waals surface area contributed by atoms with E-state index in [0.717, 1.165) is 36.9 Å². The average molecular weight is 313 g/mol. The fourth-order valence-corrected chi connectivity index (χ4v) is 3.08. The molecule has 3 rings (SSSR count). The minimum absolute atomic E-state index is 0.0119. The third kappa shape index (κ3) is 3.70. The maximum absolute atomic E-state index is 12.4. The molecule has 1 aromatic carbocycles. The number of carbonyl (C=O) groups is 1. The molecule has 0 unspecified atom stereocenters. The minimum atomic E-state index is 0.0119. The van der Waals surface area contributed by atoms with Gasteiger partial charge in [-0.2, -0.15) is 5.10 Å². The smallest absolute Gasteiger partial charge is 0.251 e. The third-order valence-electron chi connectivity index (χ3n) is 4.47. The zero-order valence-electron chi connectivity index (χ0n) is 13.6. The first-order valence-corrected chi connectivity index (χ1v) is 8.06. The van der Waals surface area contributed by atoms with Crippen molar-refractivity contribution in [3.8, 4) is 0 Å². The summed E-state index contributed by atoms with van der Waals surface area (Å²) in [6.45, 7) is 0. The van der Waals surface area contributed by atoms with Crippen molar-refractivity contribution in [2.45, 2.75) is 37.8 Å². The zero-order chi connectivity index (χ0) is 16.2. The van der Waals surface area contributed by atoms with E-state index in [9.17, 15) is 4.79 Å². The molecule has 6 nitrogen and oxygen atoms in total. The highest BCUT2D eigenvalue weighted by molar-refractivity contribution is 5.95. The molecule has 23 heavy (non-hydrogen) atoms. The van der Waals surface area contributed by atoms with Gasteiger partial charge in [0.15, 0.2) is 0 Å². The molecule has 1 aliphatic rings. The molecular formula is C17H23N5O.